The van der Waals surface area contributed by atoms with E-state index in [9.17, 15) is 4.79 Å². The summed E-state index contributed by atoms with van der Waals surface area (Å²) in [5.41, 5.74) is 1.63. The zero-order chi connectivity index (χ0) is 16.4. The Bertz CT molecular complexity index is 838. The van der Waals surface area contributed by atoms with Crippen LogP contribution in [0.1, 0.15) is 10.5 Å². The monoisotopic (exact) mass is 346 g/mol. The number of halogens is 1. The van der Waals surface area contributed by atoms with E-state index >= 15 is 0 Å². The van der Waals surface area contributed by atoms with Crippen LogP contribution < -0.4 is 0 Å². The zero-order valence-electron chi connectivity index (χ0n) is 12.7. The van der Waals surface area contributed by atoms with Crippen LogP contribution in [0.4, 0.5) is 0 Å². The number of nitrogens with zero attached hydrogens (tertiary/aromatic N) is 4. The molecule has 0 amide bonds. The molecule has 0 aliphatic carbocycles. The lowest BCUT2D eigenvalue weighted by Gasteiger charge is -2.04. The lowest BCUT2D eigenvalue weighted by atomic mass is 10.2. The molecule has 0 aliphatic rings. The maximum absolute atomic E-state index is 12.2. The summed E-state index contributed by atoms with van der Waals surface area (Å²) in [5, 5.41) is 9.77. The molecule has 0 saturated heterocycles. The van der Waals surface area contributed by atoms with Gasteiger partial charge in [-0.15, -0.1) is 10.2 Å². The van der Waals surface area contributed by atoms with Gasteiger partial charge in [-0.1, -0.05) is 23.4 Å². The van der Waals surface area contributed by atoms with E-state index in [0.29, 0.717) is 21.6 Å². The van der Waals surface area contributed by atoms with E-state index in [4.69, 9.17) is 11.6 Å². The number of carbonyl (C=O) groups excluding carboxylic acids is 1. The second-order valence-electron chi connectivity index (χ2n) is 5.09. The molecule has 0 radical (unpaired) electrons. The van der Waals surface area contributed by atoms with Crippen LogP contribution >= 0.6 is 23.4 Å². The van der Waals surface area contributed by atoms with Crippen molar-refractivity contribution < 1.29 is 4.79 Å². The first-order chi connectivity index (χ1) is 11.1. The summed E-state index contributed by atoms with van der Waals surface area (Å²) in [7, 11) is 3.75. The Labute approximate surface area is 143 Å². The number of aromatic nitrogens is 4. The summed E-state index contributed by atoms with van der Waals surface area (Å²) in [6.07, 6.45) is 1.86. The Hall–Kier alpha value is -2.05. The van der Waals surface area contributed by atoms with Crippen LogP contribution in [-0.2, 0) is 14.1 Å². The van der Waals surface area contributed by atoms with E-state index in [2.05, 4.69) is 10.2 Å². The molecule has 2 aromatic heterocycles. The Morgan fingerprint density at radius 3 is 2.57 bits per heavy atom. The predicted octanol–water partition coefficient (Wildman–Crippen LogP) is 3.45. The van der Waals surface area contributed by atoms with Crippen LogP contribution in [0.15, 0.2) is 47.8 Å². The van der Waals surface area contributed by atoms with E-state index in [1.54, 1.807) is 0 Å². The molecule has 0 N–H and O–H groups in total. The largest absolute Gasteiger partial charge is 0.348 e. The average molecular weight is 347 g/mol. The SMILES string of the molecule is Cn1cccc1C(=O)CSc1nnc(-c2ccc(Cl)cc2)n1C. The minimum absolute atomic E-state index is 0.0681. The summed E-state index contributed by atoms with van der Waals surface area (Å²) < 4.78 is 3.70. The maximum Gasteiger partial charge on any atom is 0.191 e. The molecule has 0 aliphatic heterocycles. The van der Waals surface area contributed by atoms with Gasteiger partial charge in [-0.25, -0.2) is 0 Å². The van der Waals surface area contributed by atoms with E-state index in [1.165, 1.54) is 11.8 Å². The van der Waals surface area contributed by atoms with Crippen molar-refractivity contribution in [2.45, 2.75) is 5.16 Å². The number of thioether (sulfide) groups is 1. The topological polar surface area (TPSA) is 52.7 Å². The lowest BCUT2D eigenvalue weighted by molar-refractivity contribution is 0.101. The minimum Gasteiger partial charge on any atom is -0.348 e. The summed E-state index contributed by atoms with van der Waals surface area (Å²) in [5.74, 6) is 1.14. The summed E-state index contributed by atoms with van der Waals surface area (Å²) in [6, 6.07) is 11.1. The molecule has 0 spiro atoms. The van der Waals surface area contributed by atoms with Crippen molar-refractivity contribution in [3.8, 4) is 11.4 Å². The molecule has 0 unspecified atom stereocenters. The molecule has 118 valence electrons. The van der Waals surface area contributed by atoms with Gasteiger partial charge in [0.2, 0.25) is 0 Å². The molecule has 3 aromatic rings. The van der Waals surface area contributed by atoms with Crippen molar-refractivity contribution in [2.75, 3.05) is 5.75 Å². The van der Waals surface area contributed by atoms with Crippen LogP contribution in [0.2, 0.25) is 5.02 Å². The highest BCUT2D eigenvalue weighted by Gasteiger charge is 2.14. The Morgan fingerprint density at radius 2 is 1.91 bits per heavy atom. The number of hydrogen-bond acceptors (Lipinski definition) is 4. The molecule has 0 bridgehead atoms. The molecule has 0 fully saturated rings. The Balaban J connectivity index is 1.74. The van der Waals surface area contributed by atoms with Gasteiger partial charge in [0.15, 0.2) is 16.8 Å². The molecule has 0 atom stereocenters. The second kappa shape index (κ2) is 6.60. The molecule has 0 saturated carbocycles. The van der Waals surface area contributed by atoms with Crippen molar-refractivity contribution in [3.63, 3.8) is 0 Å². The number of Topliss-reactive ketones (excluding diaryl/α,β-unsaturated/α-hetero) is 1. The van der Waals surface area contributed by atoms with Gasteiger partial charge in [0.05, 0.1) is 11.4 Å². The predicted molar refractivity (Wildman–Crippen MR) is 91.9 cm³/mol. The van der Waals surface area contributed by atoms with Crippen molar-refractivity contribution in [3.05, 3.63) is 53.3 Å². The molecular weight excluding hydrogens is 332 g/mol. The van der Waals surface area contributed by atoms with E-state index in [1.807, 2.05) is 65.8 Å². The number of ketones is 1. The lowest BCUT2D eigenvalue weighted by Crippen LogP contribution is -2.08. The average Bonchev–Trinajstić information content (AvgIpc) is 3.12. The van der Waals surface area contributed by atoms with Crippen LogP contribution in [-0.4, -0.2) is 30.9 Å². The summed E-state index contributed by atoms with van der Waals surface area (Å²) in [6.45, 7) is 0. The Kier molecular flexibility index (Phi) is 4.54. The van der Waals surface area contributed by atoms with E-state index in [0.717, 1.165) is 11.4 Å². The summed E-state index contributed by atoms with van der Waals surface area (Å²) in [4.78, 5) is 12.2. The van der Waals surface area contributed by atoms with Crippen molar-refractivity contribution in [2.24, 2.45) is 14.1 Å². The molecule has 7 heteroatoms. The van der Waals surface area contributed by atoms with Gasteiger partial charge in [0.1, 0.15) is 0 Å². The van der Waals surface area contributed by atoms with Crippen molar-refractivity contribution >= 4 is 29.1 Å². The van der Waals surface area contributed by atoms with E-state index in [-0.39, 0.29) is 5.78 Å². The zero-order valence-corrected chi connectivity index (χ0v) is 14.3. The fraction of sp³-hybridized carbons (Fsp3) is 0.188. The van der Waals surface area contributed by atoms with Crippen molar-refractivity contribution in [1.82, 2.24) is 19.3 Å². The van der Waals surface area contributed by atoms with Crippen LogP contribution in [0, 0.1) is 0 Å². The molecule has 2 heterocycles. The van der Waals surface area contributed by atoms with Crippen LogP contribution in [0.3, 0.4) is 0 Å². The van der Waals surface area contributed by atoms with Gasteiger partial charge in [0.25, 0.3) is 0 Å². The highest BCUT2D eigenvalue weighted by Crippen LogP contribution is 2.24. The first-order valence-electron chi connectivity index (χ1n) is 6.99. The standard InChI is InChI=1S/C16H15ClN4OS/c1-20-9-3-4-13(20)14(22)10-23-16-19-18-15(21(16)2)11-5-7-12(17)8-6-11/h3-9H,10H2,1-2H3. The fourth-order valence-electron chi connectivity index (χ4n) is 2.25. The van der Waals surface area contributed by atoms with Crippen LogP contribution in [0.25, 0.3) is 11.4 Å². The first kappa shape index (κ1) is 15.8. The Morgan fingerprint density at radius 1 is 1.17 bits per heavy atom. The molecule has 1 aromatic carbocycles. The molecule has 23 heavy (non-hydrogen) atoms. The first-order valence-corrected chi connectivity index (χ1v) is 8.35. The van der Waals surface area contributed by atoms with Gasteiger partial charge in [-0.05, 0) is 36.4 Å². The summed E-state index contributed by atoms with van der Waals surface area (Å²) >= 11 is 7.29. The molecule has 3 rings (SSSR count). The number of hydrogen-bond donors (Lipinski definition) is 0. The third-order valence-corrected chi connectivity index (χ3v) is 4.77. The van der Waals surface area contributed by atoms with Gasteiger partial charge in [-0.2, -0.15) is 0 Å². The van der Waals surface area contributed by atoms with Gasteiger partial charge < -0.3 is 9.13 Å². The third kappa shape index (κ3) is 3.33. The smallest absolute Gasteiger partial charge is 0.191 e. The molecule has 5 nitrogen and oxygen atoms in total. The maximum atomic E-state index is 12.2. The number of benzene rings is 1. The molecular formula is C16H15ClN4OS. The van der Waals surface area contributed by atoms with Gasteiger partial charge >= 0.3 is 0 Å². The highest BCUT2D eigenvalue weighted by atomic mass is 35.5. The van der Waals surface area contributed by atoms with Gasteiger partial charge in [0, 0.05) is 30.9 Å². The van der Waals surface area contributed by atoms with Crippen molar-refractivity contribution in [1.29, 1.82) is 0 Å². The number of aryl methyl sites for hydroxylation is 1. The van der Waals surface area contributed by atoms with Crippen LogP contribution in [0.5, 0.6) is 0 Å². The third-order valence-electron chi connectivity index (χ3n) is 3.50. The van der Waals surface area contributed by atoms with Gasteiger partial charge in [-0.3, -0.25) is 4.79 Å². The normalized spacial score (nSPS) is 10.9. The second-order valence-corrected chi connectivity index (χ2v) is 6.47. The highest BCUT2D eigenvalue weighted by molar-refractivity contribution is 7.99. The fourth-order valence-corrected chi connectivity index (χ4v) is 3.16. The minimum atomic E-state index is 0.0681. The quantitative estimate of drug-likeness (QED) is 0.524. The van der Waals surface area contributed by atoms with E-state index < -0.39 is 0 Å². The number of rotatable bonds is 5. The number of carbonyl (C=O) groups is 1.